The molecule has 1 aliphatic heterocycles. The lowest BCUT2D eigenvalue weighted by atomic mass is 10.1. The van der Waals surface area contributed by atoms with Gasteiger partial charge in [0.2, 0.25) is 11.8 Å². The van der Waals surface area contributed by atoms with Crippen LogP contribution in [0.25, 0.3) is 0 Å². The summed E-state index contributed by atoms with van der Waals surface area (Å²) in [6, 6.07) is 22.9. The lowest BCUT2D eigenvalue weighted by molar-refractivity contribution is -0.121. The number of hydrogen-bond donors (Lipinski definition) is 0. The lowest BCUT2D eigenvalue weighted by Gasteiger charge is -2.26. The molecule has 0 aliphatic carbocycles. The number of anilines is 4. The van der Waals surface area contributed by atoms with E-state index in [9.17, 15) is 9.59 Å². The molecule has 1 heterocycles. The summed E-state index contributed by atoms with van der Waals surface area (Å²) in [6.07, 6.45) is 0.537. The molecule has 2 amide bonds. The predicted octanol–water partition coefficient (Wildman–Crippen LogP) is 4.83. The van der Waals surface area contributed by atoms with E-state index in [-0.39, 0.29) is 24.7 Å². The van der Waals surface area contributed by atoms with Gasteiger partial charge in [-0.25, -0.2) is 0 Å². The van der Waals surface area contributed by atoms with Crippen molar-refractivity contribution in [1.82, 2.24) is 0 Å². The van der Waals surface area contributed by atoms with Crippen LogP contribution in [0, 0.1) is 0 Å². The standard InChI is InChI=1S/C24H22N2O4/c1-29-21-11-7-18(8-12-21)25(19-9-13-22(30-2)14-10-19)17-3-5-20(6-4-17)26-23(27)15-16-24(26)28/h3-14H,15-16H2,1-2H3. The van der Waals surface area contributed by atoms with Crippen molar-refractivity contribution in [2.24, 2.45) is 0 Å². The highest BCUT2D eigenvalue weighted by Crippen LogP contribution is 2.37. The number of carbonyl (C=O) groups is 2. The second-order valence-electron chi connectivity index (χ2n) is 6.87. The van der Waals surface area contributed by atoms with Crippen LogP contribution in [0.5, 0.6) is 11.5 Å². The fourth-order valence-corrected chi connectivity index (χ4v) is 3.53. The zero-order valence-electron chi connectivity index (χ0n) is 16.9. The monoisotopic (exact) mass is 402 g/mol. The highest BCUT2D eigenvalue weighted by Gasteiger charge is 2.30. The number of benzene rings is 3. The fourth-order valence-electron chi connectivity index (χ4n) is 3.53. The van der Waals surface area contributed by atoms with Gasteiger partial charge in [0.25, 0.3) is 0 Å². The van der Waals surface area contributed by atoms with Gasteiger partial charge in [-0.05, 0) is 72.8 Å². The van der Waals surface area contributed by atoms with E-state index in [1.807, 2.05) is 60.7 Å². The Kier molecular flexibility index (Phi) is 5.39. The van der Waals surface area contributed by atoms with Crippen LogP contribution in [0.3, 0.4) is 0 Å². The molecule has 6 nitrogen and oxygen atoms in total. The Bertz CT molecular complexity index is 981. The summed E-state index contributed by atoms with van der Waals surface area (Å²) in [7, 11) is 3.27. The van der Waals surface area contributed by atoms with Crippen molar-refractivity contribution in [3.8, 4) is 11.5 Å². The zero-order valence-corrected chi connectivity index (χ0v) is 16.9. The van der Waals surface area contributed by atoms with Gasteiger partial charge in [0.15, 0.2) is 0 Å². The van der Waals surface area contributed by atoms with E-state index in [2.05, 4.69) is 4.90 Å². The van der Waals surface area contributed by atoms with E-state index in [4.69, 9.17) is 9.47 Å². The lowest BCUT2D eigenvalue weighted by Crippen LogP contribution is -2.28. The third kappa shape index (κ3) is 3.72. The summed E-state index contributed by atoms with van der Waals surface area (Å²) in [6.45, 7) is 0. The molecule has 0 N–H and O–H groups in total. The number of carbonyl (C=O) groups excluding carboxylic acids is 2. The molecule has 0 radical (unpaired) electrons. The smallest absolute Gasteiger partial charge is 0.234 e. The normalized spacial score (nSPS) is 13.5. The topological polar surface area (TPSA) is 59.1 Å². The first kappa shape index (κ1) is 19.5. The highest BCUT2D eigenvalue weighted by atomic mass is 16.5. The van der Waals surface area contributed by atoms with Gasteiger partial charge in [-0.15, -0.1) is 0 Å². The van der Waals surface area contributed by atoms with E-state index in [0.717, 1.165) is 28.6 Å². The molecule has 0 spiro atoms. The molecule has 6 heteroatoms. The maximum atomic E-state index is 12.0. The summed E-state index contributed by atoms with van der Waals surface area (Å²) >= 11 is 0. The van der Waals surface area contributed by atoms with Crippen molar-refractivity contribution in [3.05, 3.63) is 72.8 Å². The van der Waals surface area contributed by atoms with Crippen LogP contribution in [0.1, 0.15) is 12.8 Å². The Hall–Kier alpha value is -3.80. The maximum absolute atomic E-state index is 12.0. The van der Waals surface area contributed by atoms with E-state index >= 15 is 0 Å². The van der Waals surface area contributed by atoms with Crippen LogP contribution in [-0.2, 0) is 9.59 Å². The highest BCUT2D eigenvalue weighted by molar-refractivity contribution is 6.19. The van der Waals surface area contributed by atoms with E-state index in [0.29, 0.717) is 5.69 Å². The summed E-state index contributed by atoms with van der Waals surface area (Å²) in [5, 5.41) is 0. The summed E-state index contributed by atoms with van der Waals surface area (Å²) in [4.78, 5) is 27.4. The Labute approximate surface area is 175 Å². The predicted molar refractivity (Wildman–Crippen MR) is 116 cm³/mol. The SMILES string of the molecule is COc1ccc(N(c2ccc(OC)cc2)c2ccc(N3C(=O)CCC3=O)cc2)cc1. The van der Waals surface area contributed by atoms with Gasteiger partial charge in [0, 0.05) is 29.9 Å². The van der Waals surface area contributed by atoms with Crippen LogP contribution in [0.15, 0.2) is 72.8 Å². The maximum Gasteiger partial charge on any atom is 0.234 e. The molecule has 3 aromatic carbocycles. The van der Waals surface area contributed by atoms with Gasteiger partial charge >= 0.3 is 0 Å². The van der Waals surface area contributed by atoms with Gasteiger partial charge in [-0.1, -0.05) is 0 Å². The van der Waals surface area contributed by atoms with Crippen LogP contribution < -0.4 is 19.3 Å². The number of hydrogen-bond acceptors (Lipinski definition) is 5. The van der Waals surface area contributed by atoms with Crippen LogP contribution >= 0.6 is 0 Å². The van der Waals surface area contributed by atoms with Crippen LogP contribution in [0.2, 0.25) is 0 Å². The van der Waals surface area contributed by atoms with E-state index < -0.39 is 0 Å². The van der Waals surface area contributed by atoms with Crippen molar-refractivity contribution in [2.45, 2.75) is 12.8 Å². The molecule has 30 heavy (non-hydrogen) atoms. The minimum absolute atomic E-state index is 0.157. The second kappa shape index (κ2) is 8.29. The van der Waals surface area contributed by atoms with Gasteiger partial charge in [0.1, 0.15) is 11.5 Å². The third-order valence-electron chi connectivity index (χ3n) is 5.08. The molecular formula is C24H22N2O4. The second-order valence-corrected chi connectivity index (χ2v) is 6.87. The minimum atomic E-state index is -0.157. The van der Waals surface area contributed by atoms with Crippen molar-refractivity contribution in [1.29, 1.82) is 0 Å². The van der Waals surface area contributed by atoms with Crippen molar-refractivity contribution < 1.29 is 19.1 Å². The first-order valence-corrected chi connectivity index (χ1v) is 9.65. The molecule has 0 saturated carbocycles. The zero-order chi connectivity index (χ0) is 21.1. The Balaban J connectivity index is 1.72. The molecule has 152 valence electrons. The minimum Gasteiger partial charge on any atom is -0.497 e. The quantitative estimate of drug-likeness (QED) is 0.553. The first-order valence-electron chi connectivity index (χ1n) is 9.65. The summed E-state index contributed by atoms with van der Waals surface area (Å²) < 4.78 is 10.6. The third-order valence-corrected chi connectivity index (χ3v) is 5.08. The van der Waals surface area contributed by atoms with Gasteiger partial charge in [-0.3, -0.25) is 14.5 Å². The van der Waals surface area contributed by atoms with E-state index in [1.54, 1.807) is 26.4 Å². The van der Waals surface area contributed by atoms with Crippen LogP contribution in [-0.4, -0.2) is 26.0 Å². The molecule has 0 aromatic heterocycles. The molecule has 4 rings (SSSR count). The van der Waals surface area contributed by atoms with Crippen molar-refractivity contribution in [3.63, 3.8) is 0 Å². The van der Waals surface area contributed by atoms with Gasteiger partial charge in [-0.2, -0.15) is 0 Å². The molecule has 1 fully saturated rings. The fraction of sp³-hybridized carbons (Fsp3) is 0.167. The molecule has 3 aromatic rings. The first-order chi connectivity index (χ1) is 14.6. The molecule has 0 atom stereocenters. The molecule has 0 unspecified atom stereocenters. The van der Waals surface area contributed by atoms with Gasteiger partial charge < -0.3 is 14.4 Å². The Morgan fingerprint density at radius 2 is 1.00 bits per heavy atom. The molecule has 0 bridgehead atoms. The number of ether oxygens (including phenoxy) is 2. The number of imide groups is 1. The average Bonchev–Trinajstić information content (AvgIpc) is 3.13. The molecule has 1 saturated heterocycles. The summed E-state index contributed by atoms with van der Waals surface area (Å²) in [5.74, 6) is 1.23. The number of rotatable bonds is 6. The van der Waals surface area contributed by atoms with E-state index in [1.165, 1.54) is 4.90 Å². The molecule has 1 aliphatic rings. The molecular weight excluding hydrogens is 380 g/mol. The Morgan fingerprint density at radius 1 is 0.633 bits per heavy atom. The number of nitrogens with zero attached hydrogens (tertiary/aromatic N) is 2. The Morgan fingerprint density at radius 3 is 1.37 bits per heavy atom. The van der Waals surface area contributed by atoms with Crippen LogP contribution in [0.4, 0.5) is 22.7 Å². The van der Waals surface area contributed by atoms with Gasteiger partial charge in [0.05, 0.1) is 19.9 Å². The number of methoxy groups -OCH3 is 2. The average molecular weight is 402 g/mol. The van der Waals surface area contributed by atoms with Crippen molar-refractivity contribution >= 4 is 34.6 Å². The number of amides is 2. The summed E-state index contributed by atoms with van der Waals surface area (Å²) in [5.41, 5.74) is 3.38. The largest absolute Gasteiger partial charge is 0.497 e. The van der Waals surface area contributed by atoms with Crippen molar-refractivity contribution in [2.75, 3.05) is 24.0 Å².